The Morgan fingerprint density at radius 1 is 1.24 bits per heavy atom. The molecule has 1 amide bonds. The fourth-order valence-corrected chi connectivity index (χ4v) is 6.48. The first-order valence-electron chi connectivity index (χ1n) is 11.1. The molecule has 6 nitrogen and oxygen atoms in total. The molecule has 1 heterocycles. The molecule has 29 heavy (non-hydrogen) atoms. The predicted octanol–water partition coefficient (Wildman–Crippen LogP) is 4.28. The number of halogens is 1. The summed E-state index contributed by atoms with van der Waals surface area (Å²) in [4.78, 5) is 25.6. The largest absolute Gasteiger partial charge is 0.449 e. The molecule has 0 radical (unpaired) electrons. The van der Waals surface area contributed by atoms with Gasteiger partial charge in [-0.15, -0.1) is 0 Å². The average Bonchev–Trinajstić information content (AvgIpc) is 2.91. The van der Waals surface area contributed by atoms with Crippen molar-refractivity contribution in [3.8, 4) is 0 Å². The molecule has 0 saturated heterocycles. The minimum absolute atomic E-state index is 0.0922. The summed E-state index contributed by atoms with van der Waals surface area (Å²) in [6.45, 7) is 6.12. The smallest absolute Gasteiger partial charge is 0.343 e. The quantitative estimate of drug-likeness (QED) is 0.667. The zero-order valence-corrected chi connectivity index (χ0v) is 18.4. The predicted molar refractivity (Wildman–Crippen MR) is 111 cm³/mol. The number of aryl methyl sites for hydroxylation is 2. The van der Waals surface area contributed by atoms with Gasteiger partial charge in [-0.3, -0.25) is 9.48 Å². The van der Waals surface area contributed by atoms with Crippen molar-refractivity contribution in [2.75, 3.05) is 0 Å². The van der Waals surface area contributed by atoms with Crippen molar-refractivity contribution in [2.45, 2.75) is 90.3 Å². The van der Waals surface area contributed by atoms with E-state index < -0.39 is 12.1 Å². The van der Waals surface area contributed by atoms with Gasteiger partial charge >= 0.3 is 5.97 Å². The summed E-state index contributed by atoms with van der Waals surface area (Å²) >= 11 is 6.37. The summed E-state index contributed by atoms with van der Waals surface area (Å²) in [7, 11) is 0. The Labute approximate surface area is 177 Å². The number of hydrogen-bond donors (Lipinski definition) is 1. The highest BCUT2D eigenvalue weighted by Gasteiger charge is 2.51. The third-order valence-electron chi connectivity index (χ3n) is 7.07. The van der Waals surface area contributed by atoms with Gasteiger partial charge in [0.05, 0.1) is 5.69 Å². The van der Waals surface area contributed by atoms with Crippen LogP contribution in [0.5, 0.6) is 0 Å². The van der Waals surface area contributed by atoms with Crippen molar-refractivity contribution in [3.05, 3.63) is 16.4 Å². The molecule has 0 unspecified atom stereocenters. The molecule has 0 spiro atoms. The molecule has 5 rings (SSSR count). The van der Waals surface area contributed by atoms with Crippen LogP contribution >= 0.6 is 11.6 Å². The molecular weight excluding hydrogens is 390 g/mol. The van der Waals surface area contributed by atoms with E-state index in [4.69, 9.17) is 16.3 Å². The van der Waals surface area contributed by atoms with E-state index in [1.807, 2.05) is 0 Å². The molecule has 1 aromatic rings. The molecule has 1 aromatic heterocycles. The fraction of sp³-hybridized carbons (Fsp3) is 0.773. The monoisotopic (exact) mass is 421 g/mol. The molecule has 7 heteroatoms. The average molecular weight is 422 g/mol. The first-order valence-corrected chi connectivity index (χ1v) is 11.4. The minimum atomic E-state index is -0.857. The van der Waals surface area contributed by atoms with Crippen LogP contribution in [-0.4, -0.2) is 33.3 Å². The van der Waals surface area contributed by atoms with Gasteiger partial charge in [0.2, 0.25) is 0 Å². The number of esters is 1. The number of ether oxygens (including phenoxy) is 1. The van der Waals surface area contributed by atoms with E-state index in [9.17, 15) is 9.59 Å². The van der Waals surface area contributed by atoms with Crippen LogP contribution in [0.15, 0.2) is 0 Å². The molecule has 4 saturated carbocycles. The number of nitrogens with zero attached hydrogens (tertiary/aromatic N) is 2. The van der Waals surface area contributed by atoms with Crippen LogP contribution in [0.3, 0.4) is 0 Å². The van der Waals surface area contributed by atoms with E-state index in [0.717, 1.165) is 49.9 Å². The summed E-state index contributed by atoms with van der Waals surface area (Å²) in [5.74, 6) is 1.45. The lowest BCUT2D eigenvalue weighted by Crippen LogP contribution is -2.61. The Hall–Kier alpha value is -1.56. The Morgan fingerprint density at radius 2 is 1.83 bits per heavy atom. The number of unbranched alkanes of at least 4 members (excludes halogenated alkanes) is 1. The molecule has 4 aliphatic carbocycles. The highest BCUT2D eigenvalue weighted by atomic mass is 35.5. The van der Waals surface area contributed by atoms with E-state index in [-0.39, 0.29) is 22.2 Å². The summed E-state index contributed by atoms with van der Waals surface area (Å²) in [5.41, 5.74) is 0.701. The Bertz CT molecular complexity index is 768. The molecule has 0 aromatic carbocycles. The third-order valence-corrected chi connectivity index (χ3v) is 7.46. The van der Waals surface area contributed by atoms with Gasteiger partial charge in [0.15, 0.2) is 6.10 Å². The van der Waals surface area contributed by atoms with Crippen molar-refractivity contribution < 1.29 is 14.3 Å². The maximum atomic E-state index is 12.9. The van der Waals surface area contributed by atoms with E-state index in [2.05, 4.69) is 17.3 Å². The van der Waals surface area contributed by atoms with Gasteiger partial charge < -0.3 is 10.1 Å². The molecule has 4 aliphatic rings. The number of amides is 1. The van der Waals surface area contributed by atoms with Crippen LogP contribution in [0.25, 0.3) is 0 Å². The normalized spacial score (nSPS) is 31.0. The molecule has 160 valence electrons. The maximum absolute atomic E-state index is 12.9. The number of aromatic nitrogens is 2. The zero-order valence-electron chi connectivity index (χ0n) is 17.7. The highest BCUT2D eigenvalue weighted by Crippen LogP contribution is 2.55. The maximum Gasteiger partial charge on any atom is 0.343 e. The number of nitrogens with one attached hydrogen (secondary N) is 1. The van der Waals surface area contributed by atoms with Gasteiger partial charge in [0, 0.05) is 12.1 Å². The van der Waals surface area contributed by atoms with Gasteiger partial charge in [-0.25, -0.2) is 4.79 Å². The second-order valence-corrected chi connectivity index (χ2v) is 9.92. The second-order valence-electron chi connectivity index (χ2n) is 9.56. The van der Waals surface area contributed by atoms with Gasteiger partial charge in [0.25, 0.3) is 5.91 Å². The molecule has 0 aliphatic heterocycles. The zero-order chi connectivity index (χ0) is 20.8. The Kier molecular flexibility index (Phi) is 5.66. The fourth-order valence-electron chi connectivity index (χ4n) is 6.14. The highest BCUT2D eigenvalue weighted by molar-refractivity contribution is 6.32. The van der Waals surface area contributed by atoms with Crippen molar-refractivity contribution in [2.24, 2.45) is 17.8 Å². The first kappa shape index (κ1) is 20.7. The standard InChI is InChI=1S/C22H32ClN3O3/c1-4-5-6-26-19(23)18(13(2)25-26)21(28)29-14(3)20(27)24-22-10-15-7-16(11-22)9-17(8-15)12-22/h14-17H,4-12H2,1-3H3,(H,24,27)/t14-,15?,16?,17?,22?/m0/s1. The van der Waals surface area contributed by atoms with Crippen LogP contribution in [0.2, 0.25) is 5.15 Å². The van der Waals surface area contributed by atoms with Crippen LogP contribution < -0.4 is 5.32 Å². The number of carbonyl (C=O) groups is 2. The summed E-state index contributed by atoms with van der Waals surface area (Å²) in [6, 6.07) is 0. The van der Waals surface area contributed by atoms with Crippen LogP contribution in [0, 0.1) is 24.7 Å². The van der Waals surface area contributed by atoms with Gasteiger partial charge in [0.1, 0.15) is 10.7 Å². The van der Waals surface area contributed by atoms with Crippen molar-refractivity contribution in [1.82, 2.24) is 15.1 Å². The molecule has 1 atom stereocenters. The summed E-state index contributed by atoms with van der Waals surface area (Å²) in [5, 5.41) is 7.91. The number of rotatable bonds is 7. The lowest BCUT2D eigenvalue weighted by Gasteiger charge is -2.57. The van der Waals surface area contributed by atoms with Crippen LogP contribution in [0.4, 0.5) is 0 Å². The van der Waals surface area contributed by atoms with Gasteiger partial charge in [-0.05, 0) is 76.5 Å². The van der Waals surface area contributed by atoms with E-state index in [0.29, 0.717) is 12.2 Å². The summed E-state index contributed by atoms with van der Waals surface area (Å²) < 4.78 is 7.14. The van der Waals surface area contributed by atoms with E-state index in [1.54, 1.807) is 18.5 Å². The van der Waals surface area contributed by atoms with Crippen molar-refractivity contribution in [1.29, 1.82) is 0 Å². The SMILES string of the molecule is CCCCn1nc(C)c(C(=O)O[C@@H](C)C(=O)NC23CC4CC(CC(C4)C2)C3)c1Cl. The molecule has 4 fully saturated rings. The van der Waals surface area contributed by atoms with Crippen LogP contribution in [0.1, 0.15) is 81.3 Å². The van der Waals surface area contributed by atoms with Crippen molar-refractivity contribution >= 4 is 23.5 Å². The van der Waals surface area contributed by atoms with Gasteiger partial charge in [-0.2, -0.15) is 5.10 Å². The molecular formula is C22H32ClN3O3. The van der Waals surface area contributed by atoms with Crippen molar-refractivity contribution in [3.63, 3.8) is 0 Å². The van der Waals surface area contributed by atoms with E-state index in [1.165, 1.54) is 19.3 Å². The molecule has 4 bridgehead atoms. The third kappa shape index (κ3) is 4.05. The second kappa shape index (κ2) is 7.93. The van der Waals surface area contributed by atoms with Gasteiger partial charge in [-0.1, -0.05) is 24.9 Å². The molecule has 1 N–H and O–H groups in total. The number of carbonyl (C=O) groups excluding carboxylic acids is 2. The topological polar surface area (TPSA) is 73.2 Å². The number of hydrogen-bond acceptors (Lipinski definition) is 4. The minimum Gasteiger partial charge on any atom is -0.449 e. The van der Waals surface area contributed by atoms with E-state index >= 15 is 0 Å². The Balaban J connectivity index is 1.39. The lowest BCUT2D eigenvalue weighted by atomic mass is 9.53. The van der Waals surface area contributed by atoms with Crippen LogP contribution in [-0.2, 0) is 16.1 Å². The first-order chi connectivity index (χ1) is 13.8. The summed E-state index contributed by atoms with van der Waals surface area (Å²) in [6.07, 6.45) is 8.25. The lowest BCUT2D eigenvalue weighted by molar-refractivity contribution is -0.134. The Morgan fingerprint density at radius 3 is 2.38 bits per heavy atom.